The summed E-state index contributed by atoms with van der Waals surface area (Å²) in [5.41, 5.74) is 0.723. The zero-order chi connectivity index (χ0) is 17.9. The van der Waals surface area contributed by atoms with Crippen LogP contribution in [0.25, 0.3) is 0 Å². The second kappa shape index (κ2) is 10.1. The molecule has 0 aromatic heterocycles. The minimum absolute atomic E-state index is 0.0317. The van der Waals surface area contributed by atoms with Crippen LogP contribution in [0.3, 0.4) is 0 Å². The van der Waals surface area contributed by atoms with Crippen molar-refractivity contribution < 1.29 is 23.9 Å². The molecule has 0 aliphatic heterocycles. The number of carbonyl (C=O) groups is 3. The van der Waals surface area contributed by atoms with E-state index in [0.717, 1.165) is 5.56 Å². The number of hydrogen-bond acceptors (Lipinski definition) is 7. The van der Waals surface area contributed by atoms with Gasteiger partial charge in [-0.25, -0.2) is 9.59 Å². The van der Waals surface area contributed by atoms with Gasteiger partial charge in [-0.05, 0) is 19.4 Å². The number of benzene rings is 1. The fourth-order valence-electron chi connectivity index (χ4n) is 1.92. The molecule has 0 saturated heterocycles. The van der Waals surface area contributed by atoms with Crippen LogP contribution >= 0.6 is 0 Å². The molecule has 130 valence electrons. The highest BCUT2D eigenvalue weighted by atomic mass is 16.6. The molecular formula is C16H20N2O6. The highest BCUT2D eigenvalue weighted by Gasteiger charge is 2.33. The molecule has 0 aliphatic carbocycles. The van der Waals surface area contributed by atoms with Crippen molar-refractivity contribution in [3.8, 4) is 0 Å². The van der Waals surface area contributed by atoms with E-state index in [1.54, 1.807) is 44.2 Å². The quantitative estimate of drug-likeness (QED) is 0.409. The number of carbonyl (C=O) groups excluding carboxylic acids is 3. The summed E-state index contributed by atoms with van der Waals surface area (Å²) in [6, 6.07) is 5.88. The molecule has 1 rings (SSSR count). The van der Waals surface area contributed by atoms with Crippen LogP contribution in [0.4, 0.5) is 0 Å². The summed E-state index contributed by atoms with van der Waals surface area (Å²) in [5, 5.41) is 4.96. The van der Waals surface area contributed by atoms with E-state index >= 15 is 0 Å². The lowest BCUT2D eigenvalue weighted by molar-refractivity contribution is -0.159. The van der Waals surface area contributed by atoms with E-state index in [1.165, 1.54) is 0 Å². The van der Waals surface area contributed by atoms with Crippen LogP contribution in [-0.4, -0.2) is 43.1 Å². The van der Waals surface area contributed by atoms with Crippen LogP contribution in [0.15, 0.2) is 35.5 Å². The SMILES string of the molecule is CCOC(=O)C(NC(=O)C(Cc1ccccc1)N=O)C(=O)OCC. The molecule has 1 N–H and O–H groups in total. The van der Waals surface area contributed by atoms with E-state index in [9.17, 15) is 19.3 Å². The Labute approximate surface area is 139 Å². The molecule has 0 aliphatic rings. The van der Waals surface area contributed by atoms with Crippen molar-refractivity contribution in [3.05, 3.63) is 40.8 Å². The summed E-state index contributed by atoms with van der Waals surface area (Å²) in [7, 11) is 0. The monoisotopic (exact) mass is 336 g/mol. The third-order valence-corrected chi connectivity index (χ3v) is 3.03. The first kappa shape index (κ1) is 19.3. The van der Waals surface area contributed by atoms with E-state index in [1.807, 2.05) is 0 Å². The topological polar surface area (TPSA) is 111 Å². The number of hydrogen-bond donors (Lipinski definition) is 1. The van der Waals surface area contributed by atoms with Crippen molar-refractivity contribution in [1.29, 1.82) is 0 Å². The molecule has 1 unspecified atom stereocenters. The van der Waals surface area contributed by atoms with Gasteiger partial charge in [-0.1, -0.05) is 35.5 Å². The van der Waals surface area contributed by atoms with Crippen molar-refractivity contribution in [2.45, 2.75) is 32.4 Å². The normalized spacial score (nSPS) is 11.5. The summed E-state index contributed by atoms with van der Waals surface area (Å²) in [5.74, 6) is -2.75. The van der Waals surface area contributed by atoms with Gasteiger partial charge in [0.1, 0.15) is 0 Å². The van der Waals surface area contributed by atoms with Gasteiger partial charge in [0.2, 0.25) is 11.9 Å². The smallest absolute Gasteiger partial charge is 0.340 e. The van der Waals surface area contributed by atoms with Gasteiger partial charge in [0, 0.05) is 6.42 Å². The van der Waals surface area contributed by atoms with E-state index in [0.29, 0.717) is 0 Å². The number of esters is 2. The number of nitrogens with zero attached hydrogens (tertiary/aromatic N) is 1. The van der Waals surface area contributed by atoms with Gasteiger partial charge in [-0.2, -0.15) is 0 Å². The van der Waals surface area contributed by atoms with Crippen LogP contribution in [0.5, 0.6) is 0 Å². The molecular weight excluding hydrogens is 316 g/mol. The number of nitroso groups, excluding NO2 is 1. The molecule has 8 heteroatoms. The molecule has 1 aromatic rings. The molecule has 0 radical (unpaired) electrons. The van der Waals surface area contributed by atoms with Gasteiger partial charge in [0.25, 0.3) is 0 Å². The van der Waals surface area contributed by atoms with Crippen molar-refractivity contribution >= 4 is 17.8 Å². The zero-order valence-electron chi connectivity index (χ0n) is 13.6. The standard InChI is InChI=1S/C16H20N2O6/c1-3-23-15(20)13(16(21)24-4-2)17-14(19)12(18-22)10-11-8-6-5-7-9-11/h5-9,12-13H,3-4,10H2,1-2H3,(H,17,19). The Morgan fingerprint density at radius 1 is 1.04 bits per heavy atom. The average Bonchev–Trinajstić information content (AvgIpc) is 2.58. The fraction of sp³-hybridized carbons (Fsp3) is 0.438. The van der Waals surface area contributed by atoms with Gasteiger partial charge >= 0.3 is 11.9 Å². The molecule has 24 heavy (non-hydrogen) atoms. The van der Waals surface area contributed by atoms with Crippen LogP contribution in [0, 0.1) is 4.91 Å². The molecule has 8 nitrogen and oxygen atoms in total. The Balaban J connectivity index is 2.82. The molecule has 0 heterocycles. The van der Waals surface area contributed by atoms with Crippen LogP contribution < -0.4 is 5.32 Å². The zero-order valence-corrected chi connectivity index (χ0v) is 13.6. The first-order chi connectivity index (χ1) is 11.5. The van der Waals surface area contributed by atoms with Crippen LogP contribution in [0.2, 0.25) is 0 Å². The van der Waals surface area contributed by atoms with Gasteiger partial charge in [-0.15, -0.1) is 4.91 Å². The number of nitrogens with one attached hydrogen (secondary N) is 1. The largest absolute Gasteiger partial charge is 0.464 e. The third-order valence-electron chi connectivity index (χ3n) is 3.03. The number of rotatable bonds is 9. The highest BCUT2D eigenvalue weighted by Crippen LogP contribution is 2.07. The van der Waals surface area contributed by atoms with Gasteiger partial charge in [0.05, 0.1) is 13.2 Å². The predicted molar refractivity (Wildman–Crippen MR) is 84.9 cm³/mol. The summed E-state index contributed by atoms with van der Waals surface area (Å²) >= 11 is 0. The Morgan fingerprint density at radius 2 is 1.58 bits per heavy atom. The summed E-state index contributed by atoms with van der Waals surface area (Å²) in [4.78, 5) is 46.8. The molecule has 0 fully saturated rings. The summed E-state index contributed by atoms with van der Waals surface area (Å²) in [6.45, 7) is 3.19. The third kappa shape index (κ3) is 5.79. The van der Waals surface area contributed by atoms with Gasteiger partial charge < -0.3 is 14.8 Å². The molecule has 1 aromatic carbocycles. The van der Waals surface area contributed by atoms with E-state index in [4.69, 9.17) is 9.47 Å². The average molecular weight is 336 g/mol. The molecule has 1 atom stereocenters. The van der Waals surface area contributed by atoms with E-state index < -0.39 is 29.9 Å². The van der Waals surface area contributed by atoms with Crippen molar-refractivity contribution in [2.75, 3.05) is 13.2 Å². The van der Waals surface area contributed by atoms with E-state index in [-0.39, 0.29) is 19.6 Å². The lowest BCUT2D eigenvalue weighted by Crippen LogP contribution is -2.51. The minimum Gasteiger partial charge on any atom is -0.464 e. The Hall–Kier alpha value is -2.77. The lowest BCUT2D eigenvalue weighted by Gasteiger charge is -2.17. The van der Waals surface area contributed by atoms with E-state index in [2.05, 4.69) is 10.5 Å². The molecule has 0 bridgehead atoms. The van der Waals surface area contributed by atoms with Gasteiger partial charge in [-0.3, -0.25) is 4.79 Å². The lowest BCUT2D eigenvalue weighted by atomic mass is 10.1. The maximum absolute atomic E-state index is 12.2. The van der Waals surface area contributed by atoms with Gasteiger partial charge in [0.15, 0.2) is 6.04 Å². The second-order valence-electron chi connectivity index (χ2n) is 4.76. The molecule has 1 amide bonds. The first-order valence-electron chi connectivity index (χ1n) is 7.53. The molecule has 0 spiro atoms. The second-order valence-corrected chi connectivity index (χ2v) is 4.76. The van der Waals surface area contributed by atoms with Crippen LogP contribution in [0.1, 0.15) is 19.4 Å². The van der Waals surface area contributed by atoms with Crippen molar-refractivity contribution in [3.63, 3.8) is 0 Å². The summed E-state index contributed by atoms with van der Waals surface area (Å²) in [6.07, 6.45) is 0.0501. The Bertz CT molecular complexity index is 557. The Morgan fingerprint density at radius 3 is 2.04 bits per heavy atom. The number of amides is 1. The molecule has 0 saturated carbocycles. The Kier molecular flexibility index (Phi) is 8.10. The van der Waals surface area contributed by atoms with Crippen molar-refractivity contribution in [2.24, 2.45) is 5.18 Å². The maximum atomic E-state index is 12.2. The predicted octanol–water partition coefficient (Wildman–Crippen LogP) is 0.975. The minimum atomic E-state index is -1.63. The maximum Gasteiger partial charge on any atom is 0.340 e. The highest BCUT2D eigenvalue weighted by molar-refractivity contribution is 6.03. The fourth-order valence-corrected chi connectivity index (χ4v) is 1.92. The van der Waals surface area contributed by atoms with Crippen molar-refractivity contribution in [1.82, 2.24) is 5.32 Å². The van der Waals surface area contributed by atoms with Crippen LogP contribution in [-0.2, 0) is 30.3 Å². The summed E-state index contributed by atoms with van der Waals surface area (Å²) < 4.78 is 9.48. The first-order valence-corrected chi connectivity index (χ1v) is 7.53. The number of ether oxygens (including phenoxy) is 2.